The molecule has 5 rings (SSSR count). The van der Waals surface area contributed by atoms with Gasteiger partial charge in [0.2, 0.25) is 0 Å². The molecule has 10 heteroatoms. The molecule has 0 aromatic carbocycles. The first kappa shape index (κ1) is 25.9. The smallest absolute Gasteiger partial charge is 0.303 e. The number of rotatable bonds is 5. The van der Waals surface area contributed by atoms with Gasteiger partial charge in [0.15, 0.2) is 12.6 Å². The van der Waals surface area contributed by atoms with Crippen LogP contribution >= 0.6 is 0 Å². The zero-order valence-corrected chi connectivity index (χ0v) is 21.7. The molecule has 3 saturated heterocycles. The lowest BCUT2D eigenvalue weighted by atomic mass is 9.42. The summed E-state index contributed by atoms with van der Waals surface area (Å²) in [5, 5.41) is 9.94. The van der Waals surface area contributed by atoms with Crippen LogP contribution in [0.3, 0.4) is 0 Å². The molecular weight excluding hydrogens is 472 g/mol. The van der Waals surface area contributed by atoms with E-state index in [1.807, 2.05) is 0 Å². The van der Waals surface area contributed by atoms with E-state index in [9.17, 15) is 19.5 Å². The third-order valence-electron chi connectivity index (χ3n) is 9.88. The Bertz CT molecular complexity index is 902. The van der Waals surface area contributed by atoms with Gasteiger partial charge in [0.1, 0.15) is 24.4 Å². The van der Waals surface area contributed by atoms with Crippen molar-refractivity contribution in [2.24, 2.45) is 28.6 Å². The summed E-state index contributed by atoms with van der Waals surface area (Å²) in [5.41, 5.74) is -2.26. The van der Waals surface area contributed by atoms with Gasteiger partial charge in [-0.05, 0) is 37.5 Å². The van der Waals surface area contributed by atoms with Crippen molar-refractivity contribution < 1.29 is 47.9 Å². The maximum Gasteiger partial charge on any atom is 0.303 e. The second-order valence-electron chi connectivity index (χ2n) is 11.6. The van der Waals surface area contributed by atoms with E-state index in [1.54, 1.807) is 0 Å². The van der Waals surface area contributed by atoms with Crippen molar-refractivity contribution in [3.8, 4) is 0 Å². The highest BCUT2D eigenvalue weighted by molar-refractivity contribution is 5.67. The van der Waals surface area contributed by atoms with Gasteiger partial charge < -0.3 is 33.5 Å². The molecule has 10 nitrogen and oxygen atoms in total. The van der Waals surface area contributed by atoms with Crippen LogP contribution < -0.4 is 0 Å². The lowest BCUT2D eigenvalue weighted by molar-refractivity contribution is -0.275. The fourth-order valence-electron chi connectivity index (χ4n) is 8.15. The summed E-state index contributed by atoms with van der Waals surface area (Å²) in [7, 11) is 0. The van der Waals surface area contributed by atoms with Crippen LogP contribution in [0.1, 0.15) is 66.7 Å². The van der Waals surface area contributed by atoms with Crippen LogP contribution in [0.15, 0.2) is 0 Å². The molecule has 0 amide bonds. The number of fused-ring (bicyclic) bond motifs is 3. The lowest BCUT2D eigenvalue weighted by Crippen LogP contribution is -2.72. The Labute approximate surface area is 211 Å². The van der Waals surface area contributed by atoms with E-state index in [-0.39, 0.29) is 30.5 Å². The Hall–Kier alpha value is -1.75. The van der Waals surface area contributed by atoms with E-state index >= 15 is 0 Å². The third kappa shape index (κ3) is 3.78. The fourth-order valence-corrected chi connectivity index (χ4v) is 8.15. The third-order valence-corrected chi connectivity index (χ3v) is 9.88. The number of hydrogen-bond acceptors (Lipinski definition) is 10. The largest absolute Gasteiger partial charge is 0.465 e. The SMILES string of the molecule is CC(=O)OC[C@@]12[C@@H](OC(C)=O)C[C@@H](C)[C@](C)([C@@H]3C[C@H]4C[C@H](O)O[C@H]4O3)[C@H]1CC[C@H](OC(C)=O)[C@]21CO1. The molecule has 1 spiro atoms. The summed E-state index contributed by atoms with van der Waals surface area (Å²) >= 11 is 0. The first-order chi connectivity index (χ1) is 16.9. The van der Waals surface area contributed by atoms with Gasteiger partial charge in [0.25, 0.3) is 0 Å². The Morgan fingerprint density at radius 1 is 0.944 bits per heavy atom. The van der Waals surface area contributed by atoms with E-state index in [0.717, 1.165) is 6.42 Å². The molecule has 11 atom stereocenters. The number of hydrogen-bond donors (Lipinski definition) is 1. The van der Waals surface area contributed by atoms with Gasteiger partial charge in [-0.3, -0.25) is 14.4 Å². The summed E-state index contributed by atoms with van der Waals surface area (Å²) in [5.74, 6) is -1.20. The monoisotopic (exact) mass is 510 g/mol. The number of aliphatic hydroxyl groups excluding tert-OH is 1. The lowest BCUT2D eigenvalue weighted by Gasteiger charge is -2.64. The van der Waals surface area contributed by atoms with Crippen molar-refractivity contribution >= 4 is 17.9 Å². The molecule has 0 bridgehead atoms. The minimum atomic E-state index is -0.931. The van der Waals surface area contributed by atoms with E-state index in [0.29, 0.717) is 32.3 Å². The van der Waals surface area contributed by atoms with Crippen LogP contribution in [-0.4, -0.2) is 72.7 Å². The summed E-state index contributed by atoms with van der Waals surface area (Å²) in [6, 6.07) is 0. The minimum Gasteiger partial charge on any atom is -0.465 e. The van der Waals surface area contributed by atoms with Crippen LogP contribution in [0.5, 0.6) is 0 Å². The molecule has 5 fully saturated rings. The van der Waals surface area contributed by atoms with Crippen LogP contribution in [0.4, 0.5) is 0 Å². The number of aliphatic hydroxyl groups is 1. The van der Waals surface area contributed by atoms with Crippen LogP contribution in [0.25, 0.3) is 0 Å². The average molecular weight is 511 g/mol. The van der Waals surface area contributed by atoms with Crippen LogP contribution in [0, 0.1) is 28.6 Å². The van der Waals surface area contributed by atoms with Gasteiger partial charge >= 0.3 is 17.9 Å². The first-order valence-electron chi connectivity index (χ1n) is 13.0. The second kappa shape index (κ2) is 8.92. The molecular formula is C26H38O10. The fraction of sp³-hybridized carbons (Fsp3) is 0.885. The van der Waals surface area contributed by atoms with Gasteiger partial charge in [0.05, 0.1) is 18.1 Å². The van der Waals surface area contributed by atoms with Gasteiger partial charge in [-0.1, -0.05) is 13.8 Å². The summed E-state index contributed by atoms with van der Waals surface area (Å²) in [6.45, 7) is 8.77. The molecule has 1 N–H and O–H groups in total. The molecule has 0 aromatic rings. The van der Waals surface area contributed by atoms with Crippen molar-refractivity contribution in [2.45, 2.75) is 103 Å². The van der Waals surface area contributed by atoms with Crippen molar-refractivity contribution in [1.29, 1.82) is 0 Å². The van der Waals surface area contributed by atoms with E-state index in [2.05, 4.69) is 13.8 Å². The molecule has 0 aromatic heterocycles. The zero-order valence-electron chi connectivity index (χ0n) is 21.7. The van der Waals surface area contributed by atoms with Crippen molar-refractivity contribution in [2.75, 3.05) is 13.2 Å². The summed E-state index contributed by atoms with van der Waals surface area (Å²) in [6.07, 6.45) is 0.456. The van der Waals surface area contributed by atoms with Crippen LogP contribution in [-0.2, 0) is 42.8 Å². The molecule has 5 aliphatic rings. The molecule has 2 aliphatic carbocycles. The molecule has 3 aliphatic heterocycles. The highest BCUT2D eigenvalue weighted by Crippen LogP contribution is 2.70. The van der Waals surface area contributed by atoms with E-state index < -0.39 is 59.1 Å². The Balaban J connectivity index is 1.59. The Morgan fingerprint density at radius 2 is 1.61 bits per heavy atom. The molecule has 3 heterocycles. The minimum absolute atomic E-state index is 0.0141. The average Bonchev–Trinajstić information content (AvgIpc) is 3.36. The first-order valence-corrected chi connectivity index (χ1v) is 13.0. The molecule has 2 saturated carbocycles. The summed E-state index contributed by atoms with van der Waals surface area (Å²) in [4.78, 5) is 36.5. The predicted octanol–water partition coefficient (Wildman–Crippen LogP) is 2.09. The highest BCUT2D eigenvalue weighted by Gasteiger charge is 2.80. The standard InChI is InChI=1S/C26H38O10/c1-13-8-21(34-16(4)29)25(11-31-14(2)27)18(6-7-19(33-15(3)28)26(25)12-32-26)24(13,5)20-9-17-10-22(30)36-23(17)35-20/h13,17-23,30H,6-12H2,1-5H3/t13-,17+,18-,19+,20+,21+,22-,23-,24+,25+,26-/m1/s1. The number of carbonyl (C=O) groups is 3. The van der Waals surface area contributed by atoms with E-state index in [4.69, 9.17) is 28.4 Å². The zero-order chi connectivity index (χ0) is 26.0. The maximum absolute atomic E-state index is 12.3. The molecule has 36 heavy (non-hydrogen) atoms. The number of ether oxygens (including phenoxy) is 6. The van der Waals surface area contributed by atoms with Gasteiger partial charge in [0, 0.05) is 38.5 Å². The van der Waals surface area contributed by atoms with Crippen molar-refractivity contribution in [3.63, 3.8) is 0 Å². The quantitative estimate of drug-likeness (QED) is 0.333. The Kier molecular flexibility index (Phi) is 6.42. The molecule has 0 unspecified atom stereocenters. The van der Waals surface area contributed by atoms with Crippen molar-refractivity contribution in [1.82, 2.24) is 0 Å². The summed E-state index contributed by atoms with van der Waals surface area (Å²) < 4.78 is 35.8. The van der Waals surface area contributed by atoms with Gasteiger partial charge in [-0.15, -0.1) is 0 Å². The van der Waals surface area contributed by atoms with Gasteiger partial charge in [-0.25, -0.2) is 0 Å². The highest BCUT2D eigenvalue weighted by atomic mass is 16.7. The van der Waals surface area contributed by atoms with Crippen molar-refractivity contribution in [3.05, 3.63) is 0 Å². The predicted molar refractivity (Wildman–Crippen MR) is 122 cm³/mol. The van der Waals surface area contributed by atoms with Crippen LogP contribution in [0.2, 0.25) is 0 Å². The Morgan fingerprint density at radius 3 is 2.19 bits per heavy atom. The number of carbonyl (C=O) groups excluding carboxylic acids is 3. The topological polar surface area (TPSA) is 130 Å². The number of esters is 3. The normalized spacial score (nSPS) is 49.2. The maximum atomic E-state index is 12.3. The molecule has 0 radical (unpaired) electrons. The molecule has 202 valence electrons. The number of epoxide rings is 1. The van der Waals surface area contributed by atoms with E-state index in [1.165, 1.54) is 20.8 Å². The second-order valence-corrected chi connectivity index (χ2v) is 11.6. The van der Waals surface area contributed by atoms with Gasteiger partial charge in [-0.2, -0.15) is 0 Å².